The van der Waals surface area contributed by atoms with Gasteiger partial charge in [0.2, 0.25) is 5.96 Å². The number of nitrogens with two attached hydrogens (primary N) is 1. The molecule has 1 rings (SSSR count). The summed E-state index contributed by atoms with van der Waals surface area (Å²) in [6.45, 7) is 1.90. The van der Waals surface area contributed by atoms with Crippen molar-refractivity contribution in [3.63, 3.8) is 0 Å². The van der Waals surface area contributed by atoms with Gasteiger partial charge in [0.05, 0.1) is 5.71 Å². The molecule has 0 saturated heterocycles. The van der Waals surface area contributed by atoms with E-state index in [0.717, 1.165) is 5.56 Å². The number of nitrogens with one attached hydrogen (secondary N) is 1. The number of aliphatic imine (C=N–C) groups is 1. The van der Waals surface area contributed by atoms with Crippen LogP contribution in [0.2, 0.25) is 0 Å². The fourth-order valence-electron chi connectivity index (χ4n) is 1.09. The molecule has 72 valence electrons. The summed E-state index contributed by atoms with van der Waals surface area (Å²) < 4.78 is 0. The Morgan fingerprint density at radius 3 is 2.50 bits per heavy atom. The molecule has 0 saturated carbocycles. The molecule has 0 bridgehead atoms. The van der Waals surface area contributed by atoms with E-state index in [9.17, 15) is 0 Å². The predicted octanol–water partition coefficient (Wildman–Crippen LogP) is 1.95. The van der Waals surface area contributed by atoms with Gasteiger partial charge in [0.15, 0.2) is 0 Å². The third-order valence-corrected chi connectivity index (χ3v) is 1.63. The third-order valence-electron chi connectivity index (χ3n) is 1.63. The summed E-state index contributed by atoms with van der Waals surface area (Å²) in [5.41, 5.74) is 6.89. The van der Waals surface area contributed by atoms with Crippen molar-refractivity contribution >= 4 is 11.7 Å². The van der Waals surface area contributed by atoms with Crippen LogP contribution in [0.15, 0.2) is 47.5 Å². The van der Waals surface area contributed by atoms with Crippen molar-refractivity contribution in [1.82, 2.24) is 0 Å². The van der Waals surface area contributed by atoms with Crippen LogP contribution in [-0.2, 0) is 0 Å². The van der Waals surface area contributed by atoms with Crippen LogP contribution in [0.3, 0.4) is 0 Å². The highest BCUT2D eigenvalue weighted by atomic mass is 15.0. The van der Waals surface area contributed by atoms with Gasteiger partial charge in [-0.3, -0.25) is 5.41 Å². The maximum absolute atomic E-state index is 7.11. The molecule has 0 radical (unpaired) electrons. The zero-order valence-corrected chi connectivity index (χ0v) is 8.07. The van der Waals surface area contributed by atoms with Gasteiger partial charge in [0.25, 0.3) is 0 Å². The SMILES string of the molecule is C/C=C\C(=N/C(=N)N)c1ccccc1. The van der Waals surface area contributed by atoms with E-state index in [2.05, 4.69) is 4.99 Å². The number of allylic oxidation sites excluding steroid dienone is 2. The largest absolute Gasteiger partial charge is 0.368 e. The van der Waals surface area contributed by atoms with Gasteiger partial charge in [-0.15, -0.1) is 0 Å². The Labute approximate surface area is 83.5 Å². The summed E-state index contributed by atoms with van der Waals surface area (Å²) >= 11 is 0. The van der Waals surface area contributed by atoms with E-state index in [0.29, 0.717) is 5.71 Å². The van der Waals surface area contributed by atoms with Gasteiger partial charge in [0, 0.05) is 5.56 Å². The molecule has 14 heavy (non-hydrogen) atoms. The lowest BCUT2D eigenvalue weighted by Crippen LogP contribution is -2.10. The van der Waals surface area contributed by atoms with Crippen LogP contribution in [0.1, 0.15) is 12.5 Å². The maximum Gasteiger partial charge on any atom is 0.213 e. The van der Waals surface area contributed by atoms with Gasteiger partial charge in [-0.2, -0.15) is 0 Å². The molecular formula is C11H13N3. The van der Waals surface area contributed by atoms with E-state index >= 15 is 0 Å². The second-order valence-electron chi connectivity index (χ2n) is 2.75. The highest BCUT2D eigenvalue weighted by Gasteiger charge is 1.98. The summed E-state index contributed by atoms with van der Waals surface area (Å²) in [7, 11) is 0. The van der Waals surface area contributed by atoms with Crippen molar-refractivity contribution in [3.05, 3.63) is 48.0 Å². The van der Waals surface area contributed by atoms with E-state index in [4.69, 9.17) is 11.1 Å². The van der Waals surface area contributed by atoms with E-state index < -0.39 is 0 Å². The Kier molecular flexibility index (Phi) is 3.61. The minimum absolute atomic E-state index is 0.179. The fourth-order valence-corrected chi connectivity index (χ4v) is 1.09. The number of benzene rings is 1. The van der Waals surface area contributed by atoms with Crippen molar-refractivity contribution < 1.29 is 0 Å². The average Bonchev–Trinajstić information content (AvgIpc) is 2.18. The number of hydrogen-bond acceptors (Lipinski definition) is 1. The monoisotopic (exact) mass is 187 g/mol. The molecule has 3 N–H and O–H groups in total. The summed E-state index contributed by atoms with van der Waals surface area (Å²) in [5.74, 6) is -0.179. The predicted molar refractivity (Wildman–Crippen MR) is 59.7 cm³/mol. The van der Waals surface area contributed by atoms with Crippen LogP contribution in [0.25, 0.3) is 0 Å². The fraction of sp³-hybridized carbons (Fsp3) is 0.0909. The van der Waals surface area contributed by atoms with Crippen molar-refractivity contribution in [2.24, 2.45) is 10.7 Å². The Hall–Kier alpha value is -1.90. The molecule has 0 amide bonds. The van der Waals surface area contributed by atoms with Gasteiger partial charge in [-0.1, -0.05) is 36.4 Å². The Morgan fingerprint density at radius 2 is 2.00 bits per heavy atom. The lowest BCUT2D eigenvalue weighted by molar-refractivity contribution is 1.38. The first-order chi connectivity index (χ1) is 6.74. The van der Waals surface area contributed by atoms with Gasteiger partial charge in [0.1, 0.15) is 0 Å². The minimum Gasteiger partial charge on any atom is -0.368 e. The number of hydrogen-bond donors (Lipinski definition) is 2. The van der Waals surface area contributed by atoms with Crippen molar-refractivity contribution in [2.45, 2.75) is 6.92 Å². The zero-order chi connectivity index (χ0) is 10.4. The molecule has 1 aromatic carbocycles. The Morgan fingerprint density at radius 1 is 1.36 bits per heavy atom. The van der Waals surface area contributed by atoms with E-state index in [1.165, 1.54) is 0 Å². The van der Waals surface area contributed by atoms with Crippen LogP contribution in [0, 0.1) is 5.41 Å². The first kappa shape index (κ1) is 10.2. The highest BCUT2D eigenvalue weighted by Crippen LogP contribution is 2.02. The summed E-state index contributed by atoms with van der Waals surface area (Å²) in [4.78, 5) is 3.93. The number of rotatable bonds is 2. The molecule has 1 aromatic rings. The highest BCUT2D eigenvalue weighted by molar-refractivity contribution is 6.12. The Balaban J connectivity index is 3.07. The molecule has 3 heteroatoms. The van der Waals surface area contributed by atoms with E-state index in [1.54, 1.807) is 0 Å². The van der Waals surface area contributed by atoms with Crippen LogP contribution >= 0.6 is 0 Å². The second-order valence-corrected chi connectivity index (χ2v) is 2.75. The average molecular weight is 187 g/mol. The van der Waals surface area contributed by atoms with E-state index in [-0.39, 0.29) is 5.96 Å². The molecular weight excluding hydrogens is 174 g/mol. The van der Waals surface area contributed by atoms with Crippen LogP contribution in [-0.4, -0.2) is 11.7 Å². The van der Waals surface area contributed by atoms with Gasteiger partial charge >= 0.3 is 0 Å². The molecule has 0 aliphatic rings. The van der Waals surface area contributed by atoms with Crippen LogP contribution in [0.4, 0.5) is 0 Å². The van der Waals surface area contributed by atoms with Crippen LogP contribution < -0.4 is 5.73 Å². The first-order valence-electron chi connectivity index (χ1n) is 4.35. The quantitative estimate of drug-likeness (QED) is 0.539. The molecule has 0 fully saturated rings. The number of nitrogens with zero attached hydrogens (tertiary/aromatic N) is 1. The standard InChI is InChI=1S/C11H13N3/c1-2-6-10(14-11(12)13)9-7-4-3-5-8-9/h2-8H,1H3,(H3,12,13)/b6-2-,14-10+. The molecule has 0 aliphatic carbocycles. The second kappa shape index (κ2) is 4.97. The Bertz CT molecular complexity index is 363. The smallest absolute Gasteiger partial charge is 0.213 e. The van der Waals surface area contributed by atoms with Gasteiger partial charge in [-0.05, 0) is 13.0 Å². The summed E-state index contributed by atoms with van der Waals surface area (Å²) in [6.07, 6.45) is 3.70. The van der Waals surface area contributed by atoms with Crippen molar-refractivity contribution in [3.8, 4) is 0 Å². The maximum atomic E-state index is 7.11. The van der Waals surface area contributed by atoms with Crippen molar-refractivity contribution in [2.75, 3.05) is 0 Å². The summed E-state index contributed by atoms with van der Waals surface area (Å²) in [6, 6.07) is 9.65. The van der Waals surface area contributed by atoms with E-state index in [1.807, 2.05) is 49.4 Å². The topological polar surface area (TPSA) is 62.2 Å². The first-order valence-corrected chi connectivity index (χ1v) is 4.35. The molecule has 0 aliphatic heterocycles. The molecule has 0 aromatic heterocycles. The summed E-state index contributed by atoms with van der Waals surface area (Å²) in [5, 5.41) is 7.11. The minimum atomic E-state index is -0.179. The molecule has 0 heterocycles. The van der Waals surface area contributed by atoms with Crippen molar-refractivity contribution in [1.29, 1.82) is 5.41 Å². The van der Waals surface area contributed by atoms with Crippen LogP contribution in [0.5, 0.6) is 0 Å². The van der Waals surface area contributed by atoms with Gasteiger partial charge < -0.3 is 5.73 Å². The lowest BCUT2D eigenvalue weighted by Gasteiger charge is -1.99. The van der Waals surface area contributed by atoms with Gasteiger partial charge in [-0.25, -0.2) is 4.99 Å². The third kappa shape index (κ3) is 2.86. The zero-order valence-electron chi connectivity index (χ0n) is 8.07. The molecule has 0 unspecified atom stereocenters. The normalized spacial score (nSPS) is 11.9. The molecule has 0 spiro atoms. The number of guanidine groups is 1. The molecule has 0 atom stereocenters. The molecule has 3 nitrogen and oxygen atoms in total. The lowest BCUT2D eigenvalue weighted by atomic mass is 10.1.